The van der Waals surface area contributed by atoms with Crippen LogP contribution in [-0.2, 0) is 14.8 Å². The molecule has 2 fully saturated rings. The SMILES string of the molecule is O=S(=O)(CC1CCCO1)NC1CCCC1CO. The van der Waals surface area contributed by atoms with Crippen LogP contribution in [0.4, 0.5) is 0 Å². The van der Waals surface area contributed by atoms with E-state index in [-0.39, 0.29) is 30.4 Å². The summed E-state index contributed by atoms with van der Waals surface area (Å²) >= 11 is 0. The lowest BCUT2D eigenvalue weighted by Gasteiger charge is -2.20. The standard InChI is InChI=1S/C11H21NO4S/c13-7-9-3-1-5-11(9)12-17(14,15)8-10-4-2-6-16-10/h9-13H,1-8H2. The van der Waals surface area contributed by atoms with Gasteiger partial charge in [0.25, 0.3) is 0 Å². The number of aliphatic hydroxyl groups excluding tert-OH is 1. The van der Waals surface area contributed by atoms with Crippen molar-refractivity contribution in [3.63, 3.8) is 0 Å². The molecule has 1 saturated heterocycles. The summed E-state index contributed by atoms with van der Waals surface area (Å²) in [6.45, 7) is 0.732. The van der Waals surface area contributed by atoms with Crippen LogP contribution in [0.3, 0.4) is 0 Å². The summed E-state index contributed by atoms with van der Waals surface area (Å²) in [5.74, 6) is 0.135. The average molecular weight is 263 g/mol. The van der Waals surface area contributed by atoms with Gasteiger partial charge in [0.05, 0.1) is 11.9 Å². The predicted octanol–water partition coefficient (Wildman–Crippen LogP) is 0.246. The molecule has 1 heterocycles. The van der Waals surface area contributed by atoms with Crippen LogP contribution in [0, 0.1) is 5.92 Å². The molecule has 0 spiro atoms. The van der Waals surface area contributed by atoms with Crippen LogP contribution >= 0.6 is 0 Å². The summed E-state index contributed by atoms with van der Waals surface area (Å²) < 4.78 is 31.9. The van der Waals surface area contributed by atoms with Crippen molar-refractivity contribution in [1.29, 1.82) is 0 Å². The lowest BCUT2D eigenvalue weighted by Crippen LogP contribution is -2.41. The normalized spacial score (nSPS) is 34.3. The Bertz CT molecular complexity index is 337. The van der Waals surface area contributed by atoms with Crippen LogP contribution in [0.25, 0.3) is 0 Å². The van der Waals surface area contributed by atoms with E-state index in [1.54, 1.807) is 0 Å². The van der Waals surface area contributed by atoms with E-state index in [0.717, 1.165) is 32.1 Å². The first-order valence-electron chi connectivity index (χ1n) is 6.33. The molecule has 0 aromatic heterocycles. The van der Waals surface area contributed by atoms with E-state index in [1.807, 2.05) is 0 Å². The van der Waals surface area contributed by atoms with Crippen molar-refractivity contribution in [2.45, 2.75) is 44.2 Å². The van der Waals surface area contributed by atoms with Crippen molar-refractivity contribution in [2.75, 3.05) is 19.0 Å². The number of sulfonamides is 1. The highest BCUT2D eigenvalue weighted by Gasteiger charge is 2.31. The zero-order chi connectivity index (χ0) is 12.3. The Morgan fingerprint density at radius 2 is 2.06 bits per heavy atom. The van der Waals surface area contributed by atoms with Gasteiger partial charge in [-0.25, -0.2) is 13.1 Å². The summed E-state index contributed by atoms with van der Waals surface area (Å²) in [6.07, 6.45) is 4.34. The van der Waals surface area contributed by atoms with Crippen LogP contribution in [0.1, 0.15) is 32.1 Å². The summed E-state index contributed by atoms with van der Waals surface area (Å²) in [4.78, 5) is 0. The second kappa shape index (κ2) is 5.65. The van der Waals surface area contributed by atoms with Gasteiger partial charge in [-0.15, -0.1) is 0 Å². The summed E-state index contributed by atoms with van der Waals surface area (Å²) in [7, 11) is -3.28. The molecular formula is C11H21NO4S. The molecule has 3 atom stereocenters. The molecule has 0 aromatic carbocycles. The monoisotopic (exact) mass is 263 g/mol. The maximum absolute atomic E-state index is 11.9. The molecule has 3 unspecified atom stereocenters. The third-order valence-corrected chi connectivity index (χ3v) is 5.13. The topological polar surface area (TPSA) is 75.6 Å². The Labute approximate surface area is 103 Å². The fourth-order valence-corrected chi connectivity index (χ4v) is 4.33. The Morgan fingerprint density at radius 3 is 2.71 bits per heavy atom. The molecule has 2 rings (SSSR count). The van der Waals surface area contributed by atoms with Gasteiger partial charge in [0.2, 0.25) is 10.0 Å². The van der Waals surface area contributed by atoms with Crippen molar-refractivity contribution in [3.05, 3.63) is 0 Å². The number of hydrogen-bond donors (Lipinski definition) is 2. The van der Waals surface area contributed by atoms with E-state index in [9.17, 15) is 8.42 Å². The van der Waals surface area contributed by atoms with Gasteiger partial charge in [-0.05, 0) is 31.6 Å². The molecular weight excluding hydrogens is 242 g/mol. The third kappa shape index (κ3) is 3.64. The van der Waals surface area contributed by atoms with E-state index in [1.165, 1.54) is 0 Å². The quantitative estimate of drug-likeness (QED) is 0.745. The van der Waals surface area contributed by atoms with Gasteiger partial charge >= 0.3 is 0 Å². The molecule has 0 radical (unpaired) electrons. The van der Waals surface area contributed by atoms with Crippen molar-refractivity contribution in [3.8, 4) is 0 Å². The Kier molecular flexibility index (Phi) is 4.41. The van der Waals surface area contributed by atoms with E-state index in [0.29, 0.717) is 6.61 Å². The van der Waals surface area contributed by atoms with Gasteiger partial charge in [-0.3, -0.25) is 0 Å². The van der Waals surface area contributed by atoms with Crippen LogP contribution < -0.4 is 4.72 Å². The minimum absolute atomic E-state index is 0.0572. The predicted molar refractivity (Wildman–Crippen MR) is 64.1 cm³/mol. The maximum Gasteiger partial charge on any atom is 0.214 e. The molecule has 5 nitrogen and oxygen atoms in total. The zero-order valence-corrected chi connectivity index (χ0v) is 10.8. The van der Waals surface area contributed by atoms with Crippen LogP contribution in [-0.4, -0.2) is 44.6 Å². The molecule has 1 aliphatic carbocycles. The second-order valence-electron chi connectivity index (χ2n) is 5.01. The molecule has 2 aliphatic rings. The summed E-state index contributed by atoms with van der Waals surface area (Å²) in [5, 5.41) is 9.16. The lowest BCUT2D eigenvalue weighted by molar-refractivity contribution is 0.127. The number of nitrogens with one attached hydrogen (secondary N) is 1. The van der Waals surface area contributed by atoms with E-state index < -0.39 is 10.0 Å². The highest BCUT2D eigenvalue weighted by molar-refractivity contribution is 7.89. The lowest BCUT2D eigenvalue weighted by atomic mass is 10.1. The Morgan fingerprint density at radius 1 is 1.24 bits per heavy atom. The van der Waals surface area contributed by atoms with Crippen molar-refractivity contribution < 1.29 is 18.3 Å². The third-order valence-electron chi connectivity index (χ3n) is 3.65. The first-order valence-corrected chi connectivity index (χ1v) is 7.98. The largest absolute Gasteiger partial charge is 0.396 e. The number of hydrogen-bond acceptors (Lipinski definition) is 4. The zero-order valence-electron chi connectivity index (χ0n) is 9.97. The summed E-state index contributed by atoms with van der Waals surface area (Å²) in [6, 6.07) is -0.0913. The van der Waals surface area contributed by atoms with E-state index >= 15 is 0 Å². The molecule has 6 heteroatoms. The fourth-order valence-electron chi connectivity index (χ4n) is 2.71. The highest BCUT2D eigenvalue weighted by atomic mass is 32.2. The van der Waals surface area contributed by atoms with Gasteiger partial charge in [-0.2, -0.15) is 0 Å². The average Bonchev–Trinajstić information content (AvgIpc) is 2.87. The molecule has 0 bridgehead atoms. The molecule has 1 saturated carbocycles. The summed E-state index contributed by atoms with van der Waals surface area (Å²) in [5.41, 5.74) is 0. The van der Waals surface area contributed by atoms with Crippen molar-refractivity contribution in [1.82, 2.24) is 4.72 Å². The van der Waals surface area contributed by atoms with E-state index in [2.05, 4.69) is 4.72 Å². The minimum atomic E-state index is -3.28. The number of rotatable bonds is 5. The molecule has 0 amide bonds. The Hall–Kier alpha value is -0.170. The van der Waals surface area contributed by atoms with E-state index in [4.69, 9.17) is 9.84 Å². The molecule has 0 aromatic rings. The van der Waals surface area contributed by atoms with Crippen molar-refractivity contribution >= 4 is 10.0 Å². The van der Waals surface area contributed by atoms with Gasteiger partial charge < -0.3 is 9.84 Å². The maximum atomic E-state index is 11.9. The Balaban J connectivity index is 1.87. The first-order chi connectivity index (χ1) is 8.11. The second-order valence-corrected chi connectivity index (χ2v) is 6.81. The van der Waals surface area contributed by atoms with Crippen LogP contribution in [0.2, 0.25) is 0 Å². The van der Waals surface area contributed by atoms with Crippen molar-refractivity contribution in [2.24, 2.45) is 5.92 Å². The highest BCUT2D eigenvalue weighted by Crippen LogP contribution is 2.26. The minimum Gasteiger partial charge on any atom is -0.396 e. The van der Waals surface area contributed by atoms with Crippen LogP contribution in [0.5, 0.6) is 0 Å². The smallest absolute Gasteiger partial charge is 0.214 e. The number of aliphatic hydroxyl groups is 1. The molecule has 100 valence electrons. The number of ether oxygens (including phenoxy) is 1. The van der Waals surface area contributed by atoms with Gasteiger partial charge in [0.1, 0.15) is 0 Å². The van der Waals surface area contributed by atoms with Gasteiger partial charge in [-0.1, -0.05) is 6.42 Å². The first kappa shape index (κ1) is 13.3. The van der Waals surface area contributed by atoms with Gasteiger partial charge in [0, 0.05) is 19.3 Å². The molecule has 17 heavy (non-hydrogen) atoms. The fraction of sp³-hybridized carbons (Fsp3) is 1.00. The molecule has 2 N–H and O–H groups in total. The van der Waals surface area contributed by atoms with Gasteiger partial charge in [0.15, 0.2) is 0 Å². The molecule has 1 aliphatic heterocycles. The van der Waals surface area contributed by atoms with Crippen LogP contribution in [0.15, 0.2) is 0 Å².